The van der Waals surface area contributed by atoms with Gasteiger partial charge in [0.1, 0.15) is 17.8 Å². The maximum absolute atomic E-state index is 14.3. The number of carbonyl (C=O) groups is 2. The monoisotopic (exact) mass is 611 g/mol. The van der Waals surface area contributed by atoms with E-state index in [0.29, 0.717) is 24.0 Å². The Hall–Kier alpha value is -3.71. The van der Waals surface area contributed by atoms with Gasteiger partial charge in [-0.3, -0.25) is 19.3 Å². The van der Waals surface area contributed by atoms with Crippen LogP contribution in [-0.2, 0) is 24.7 Å². The first kappa shape index (κ1) is 27.1. The summed E-state index contributed by atoms with van der Waals surface area (Å²) in [6.45, 7) is 0.562. The number of morpholine rings is 1. The van der Waals surface area contributed by atoms with Crippen LogP contribution in [0.5, 0.6) is 5.75 Å². The Morgan fingerprint density at radius 2 is 1.98 bits per heavy atom. The predicted octanol–water partition coefficient (Wildman–Crippen LogP) is 3.54. The Balaban J connectivity index is 1.44. The van der Waals surface area contributed by atoms with Gasteiger partial charge in [-0.25, -0.2) is 4.79 Å². The number of methoxy groups -OCH3 is 1. The van der Waals surface area contributed by atoms with Crippen molar-refractivity contribution in [1.29, 1.82) is 0 Å². The molecule has 4 aliphatic rings. The highest BCUT2D eigenvalue weighted by Gasteiger charge is 2.54. The summed E-state index contributed by atoms with van der Waals surface area (Å²) in [5.74, 6) is 0.0563. The Morgan fingerprint density at radius 1 is 1.14 bits per heavy atom. The molecule has 42 heavy (non-hydrogen) atoms. The molecule has 4 aliphatic heterocycles. The fourth-order valence-corrected chi connectivity index (χ4v) is 7.36. The van der Waals surface area contributed by atoms with E-state index < -0.39 is 42.1 Å². The zero-order chi connectivity index (χ0) is 29.0. The van der Waals surface area contributed by atoms with Gasteiger partial charge in [0.2, 0.25) is 18.0 Å². The second kappa shape index (κ2) is 10.5. The number of amides is 1. The SMILES string of the molecule is COC(=O)OCOc1c2n(ccc1=O)N([C@@H]1c3ccccc3SCc3cccc(Cl)c31)[C@@H]1COC3(COC3)CN1C2=O. The minimum atomic E-state index is -0.980. The van der Waals surface area contributed by atoms with Gasteiger partial charge in [0.25, 0.3) is 5.91 Å². The summed E-state index contributed by atoms with van der Waals surface area (Å²) in [6.07, 6.45) is 0.0320. The van der Waals surface area contributed by atoms with Gasteiger partial charge in [-0.05, 0) is 23.3 Å². The number of nitrogens with zero attached hydrogens (tertiary/aromatic N) is 3. The third-order valence-electron chi connectivity index (χ3n) is 7.96. The van der Waals surface area contributed by atoms with Crippen LogP contribution in [0.15, 0.2) is 64.4 Å². The van der Waals surface area contributed by atoms with E-state index in [1.165, 1.54) is 6.07 Å². The minimum Gasteiger partial charge on any atom is -0.451 e. The fourth-order valence-electron chi connectivity index (χ4n) is 5.98. The number of carbonyl (C=O) groups excluding carboxylic acids is 2. The molecule has 13 heteroatoms. The van der Waals surface area contributed by atoms with E-state index in [9.17, 15) is 14.4 Å². The van der Waals surface area contributed by atoms with Crippen LogP contribution >= 0.6 is 23.4 Å². The smallest absolute Gasteiger partial charge is 0.451 e. The average molecular weight is 612 g/mol. The molecule has 7 rings (SSSR count). The molecular weight excluding hydrogens is 586 g/mol. The van der Waals surface area contributed by atoms with E-state index in [2.05, 4.69) is 22.9 Å². The Kier molecular flexibility index (Phi) is 6.81. The molecule has 1 aromatic heterocycles. The number of benzene rings is 2. The summed E-state index contributed by atoms with van der Waals surface area (Å²) in [4.78, 5) is 41.8. The zero-order valence-corrected chi connectivity index (χ0v) is 24.1. The van der Waals surface area contributed by atoms with Gasteiger partial charge in [0, 0.05) is 33.5 Å². The lowest BCUT2D eigenvalue weighted by molar-refractivity contribution is -0.245. The number of halogens is 1. The standard InChI is InChI=1S/C29H26ClN3O8S/c1-37-28(36)40-16-39-26-20(34)9-10-32-25(26)27(35)31-13-29(14-38-15-29)41-11-22(31)33(32)24-18-6-2-3-8-21(18)42-12-17-5-4-7-19(30)23(17)24/h2-10,22,24H,11-16H2,1H3/t22-,24-/m1/s1. The molecule has 1 spiro atoms. The molecule has 3 aromatic rings. The van der Waals surface area contributed by atoms with Gasteiger partial charge in [-0.1, -0.05) is 41.9 Å². The van der Waals surface area contributed by atoms with Gasteiger partial charge in [-0.2, -0.15) is 0 Å². The van der Waals surface area contributed by atoms with E-state index in [-0.39, 0.29) is 24.6 Å². The van der Waals surface area contributed by atoms with Crippen LogP contribution in [0.4, 0.5) is 4.79 Å². The lowest BCUT2D eigenvalue weighted by Crippen LogP contribution is -2.73. The largest absolute Gasteiger partial charge is 0.510 e. The molecule has 0 unspecified atom stereocenters. The lowest BCUT2D eigenvalue weighted by atomic mass is 9.92. The number of hydrogen-bond donors (Lipinski definition) is 0. The quantitative estimate of drug-likeness (QED) is 0.321. The van der Waals surface area contributed by atoms with Crippen molar-refractivity contribution in [2.24, 2.45) is 0 Å². The fraction of sp³-hybridized carbons (Fsp3) is 0.345. The molecule has 1 amide bonds. The number of fused-ring (bicyclic) bond motifs is 4. The number of ether oxygens (including phenoxy) is 5. The van der Waals surface area contributed by atoms with Gasteiger partial charge in [0.05, 0.1) is 33.5 Å². The van der Waals surface area contributed by atoms with Gasteiger partial charge in [-0.15, -0.1) is 11.8 Å². The number of hydrogen-bond acceptors (Lipinski definition) is 10. The molecule has 2 aromatic carbocycles. The van der Waals surface area contributed by atoms with Crippen LogP contribution in [-0.4, -0.2) is 73.7 Å². The molecule has 2 saturated heterocycles. The average Bonchev–Trinajstić information content (AvgIpc) is 3.15. The lowest BCUT2D eigenvalue weighted by Gasteiger charge is -2.57. The molecule has 0 bridgehead atoms. The molecule has 5 heterocycles. The van der Waals surface area contributed by atoms with E-state index >= 15 is 0 Å². The Bertz CT molecular complexity index is 1640. The highest BCUT2D eigenvalue weighted by Crippen LogP contribution is 2.47. The Morgan fingerprint density at radius 3 is 2.76 bits per heavy atom. The number of rotatable bonds is 4. The zero-order valence-electron chi connectivity index (χ0n) is 22.5. The summed E-state index contributed by atoms with van der Waals surface area (Å²) < 4.78 is 28.5. The highest BCUT2D eigenvalue weighted by atomic mass is 35.5. The van der Waals surface area contributed by atoms with Gasteiger partial charge in [0.15, 0.2) is 5.69 Å². The molecule has 0 N–H and O–H groups in total. The first-order chi connectivity index (χ1) is 20.4. The summed E-state index contributed by atoms with van der Waals surface area (Å²) in [7, 11) is 1.16. The maximum atomic E-state index is 14.3. The second-order valence-electron chi connectivity index (χ2n) is 10.4. The van der Waals surface area contributed by atoms with Gasteiger partial charge < -0.3 is 28.6 Å². The predicted molar refractivity (Wildman–Crippen MR) is 152 cm³/mol. The van der Waals surface area contributed by atoms with Crippen molar-refractivity contribution in [3.63, 3.8) is 0 Å². The van der Waals surface area contributed by atoms with Crippen molar-refractivity contribution >= 4 is 35.4 Å². The Labute approximate surface area is 249 Å². The second-order valence-corrected chi connectivity index (χ2v) is 11.8. The summed E-state index contributed by atoms with van der Waals surface area (Å²) >= 11 is 8.68. The van der Waals surface area contributed by atoms with Crippen LogP contribution < -0.4 is 15.2 Å². The number of aromatic nitrogens is 1. The molecule has 11 nitrogen and oxygen atoms in total. The molecule has 218 valence electrons. The van der Waals surface area contributed by atoms with Crippen molar-refractivity contribution in [2.75, 3.05) is 45.3 Å². The van der Waals surface area contributed by atoms with Crippen molar-refractivity contribution in [2.45, 2.75) is 28.5 Å². The van der Waals surface area contributed by atoms with Crippen molar-refractivity contribution in [1.82, 2.24) is 9.58 Å². The van der Waals surface area contributed by atoms with Crippen LogP contribution in [0, 0.1) is 0 Å². The normalized spacial score (nSPS) is 21.7. The maximum Gasteiger partial charge on any atom is 0.510 e. The van der Waals surface area contributed by atoms with Crippen LogP contribution in [0.1, 0.15) is 33.2 Å². The van der Waals surface area contributed by atoms with E-state index in [1.54, 1.807) is 27.5 Å². The first-order valence-corrected chi connectivity index (χ1v) is 14.7. The van der Waals surface area contributed by atoms with Crippen molar-refractivity contribution in [3.8, 4) is 5.75 Å². The molecular formula is C29H26ClN3O8S. The van der Waals surface area contributed by atoms with Crippen molar-refractivity contribution < 1.29 is 33.3 Å². The van der Waals surface area contributed by atoms with Crippen molar-refractivity contribution in [3.05, 3.63) is 92.4 Å². The van der Waals surface area contributed by atoms with E-state index in [4.69, 9.17) is 30.5 Å². The molecule has 2 fully saturated rings. The molecule has 0 radical (unpaired) electrons. The molecule has 0 aliphatic carbocycles. The molecule has 0 saturated carbocycles. The summed E-state index contributed by atoms with van der Waals surface area (Å²) in [5, 5.41) is 2.62. The highest BCUT2D eigenvalue weighted by molar-refractivity contribution is 7.98. The summed E-state index contributed by atoms with van der Waals surface area (Å²) in [6, 6.07) is 14.8. The van der Waals surface area contributed by atoms with Crippen LogP contribution in [0.25, 0.3) is 0 Å². The summed E-state index contributed by atoms with van der Waals surface area (Å²) in [5.41, 5.74) is 1.80. The number of thioether (sulfide) groups is 1. The topological polar surface area (TPSA) is 109 Å². The minimum absolute atomic E-state index is 0.00694. The molecule has 2 atom stereocenters. The third kappa shape index (κ3) is 4.32. The van der Waals surface area contributed by atoms with Crippen LogP contribution in [0.3, 0.4) is 0 Å². The first-order valence-electron chi connectivity index (χ1n) is 13.3. The van der Waals surface area contributed by atoms with E-state index in [0.717, 1.165) is 28.7 Å². The van der Waals surface area contributed by atoms with Crippen LogP contribution in [0.2, 0.25) is 5.02 Å². The van der Waals surface area contributed by atoms with Gasteiger partial charge >= 0.3 is 6.16 Å². The number of pyridine rings is 1. The third-order valence-corrected chi connectivity index (χ3v) is 9.43. The van der Waals surface area contributed by atoms with E-state index in [1.807, 2.05) is 29.3 Å².